The van der Waals surface area contributed by atoms with Crippen molar-refractivity contribution in [2.75, 3.05) is 11.4 Å². The molecule has 1 aliphatic rings. The maximum absolute atomic E-state index is 12.9. The normalized spacial score (nSPS) is 15.0. The average Bonchev–Trinajstić information content (AvgIpc) is 3.35. The molecule has 1 N–H and O–H groups in total. The van der Waals surface area contributed by atoms with Crippen molar-refractivity contribution >= 4 is 29.2 Å². The molecule has 33 heavy (non-hydrogen) atoms. The first-order valence-corrected chi connectivity index (χ1v) is 10.8. The van der Waals surface area contributed by atoms with Crippen molar-refractivity contribution in [1.29, 1.82) is 0 Å². The summed E-state index contributed by atoms with van der Waals surface area (Å²) < 4.78 is 1.71. The monoisotopic (exact) mass is 457 g/mol. The second-order valence-electron chi connectivity index (χ2n) is 7.56. The molecule has 1 atom stereocenters. The van der Waals surface area contributed by atoms with E-state index in [-0.39, 0.29) is 18.5 Å². The summed E-state index contributed by atoms with van der Waals surface area (Å²) in [4.78, 5) is 18.8. The highest BCUT2D eigenvalue weighted by Gasteiger charge is 2.31. The molecular weight excluding hydrogens is 438 g/mol. The Balaban J connectivity index is 1.47. The van der Waals surface area contributed by atoms with Crippen LogP contribution in [0.15, 0.2) is 85.2 Å². The standard InChI is InChI=1S/C24H20ClN7O/c25-20-10-8-19(9-11-20)22-13-21(18-6-2-1-3-7-18)31(24-28-29-30-32(22)24)16-23(33)27-15-17-5-4-12-26-14-17/h1-14,22H,15-16H2,(H,27,33). The van der Waals surface area contributed by atoms with Crippen LogP contribution in [0.5, 0.6) is 0 Å². The molecule has 0 spiro atoms. The van der Waals surface area contributed by atoms with Crippen LogP contribution in [0.3, 0.4) is 0 Å². The number of rotatable bonds is 6. The number of aromatic nitrogens is 5. The van der Waals surface area contributed by atoms with Gasteiger partial charge in [0, 0.05) is 24.0 Å². The molecule has 2 aromatic carbocycles. The summed E-state index contributed by atoms with van der Waals surface area (Å²) in [6.45, 7) is 0.456. The van der Waals surface area contributed by atoms with Crippen LogP contribution < -0.4 is 10.2 Å². The topological polar surface area (TPSA) is 88.8 Å². The number of pyridine rings is 1. The lowest BCUT2D eigenvalue weighted by Crippen LogP contribution is -2.39. The molecule has 1 aliphatic heterocycles. The molecular formula is C24H20ClN7O. The number of halogens is 1. The molecule has 0 saturated carbocycles. The number of hydrogen-bond donors (Lipinski definition) is 1. The molecule has 9 heteroatoms. The number of tetrazole rings is 1. The van der Waals surface area contributed by atoms with Crippen LogP contribution in [-0.2, 0) is 11.3 Å². The zero-order chi connectivity index (χ0) is 22.6. The summed E-state index contributed by atoms with van der Waals surface area (Å²) in [5.41, 5.74) is 3.73. The van der Waals surface area contributed by atoms with Gasteiger partial charge in [-0.15, -0.1) is 0 Å². The van der Waals surface area contributed by atoms with Crippen molar-refractivity contribution in [1.82, 2.24) is 30.5 Å². The number of allylic oxidation sites excluding steroid dienone is 1. The Morgan fingerprint density at radius 3 is 2.61 bits per heavy atom. The van der Waals surface area contributed by atoms with Crippen LogP contribution in [-0.4, -0.2) is 37.6 Å². The molecule has 1 unspecified atom stereocenters. The lowest BCUT2D eigenvalue weighted by atomic mass is 10.0. The second kappa shape index (κ2) is 9.22. The van der Waals surface area contributed by atoms with Gasteiger partial charge in [-0.25, -0.2) is 0 Å². The van der Waals surface area contributed by atoms with Gasteiger partial charge in [0.05, 0.1) is 5.70 Å². The Labute approximate surface area is 195 Å². The highest BCUT2D eigenvalue weighted by molar-refractivity contribution is 6.30. The Morgan fingerprint density at radius 2 is 1.85 bits per heavy atom. The largest absolute Gasteiger partial charge is 0.350 e. The van der Waals surface area contributed by atoms with Crippen LogP contribution in [0, 0.1) is 0 Å². The van der Waals surface area contributed by atoms with Crippen molar-refractivity contribution in [3.8, 4) is 0 Å². The SMILES string of the molecule is O=C(CN1C(c2ccccc2)=CC(c2ccc(Cl)cc2)n2nnnc21)NCc1cccnc1. The zero-order valence-corrected chi connectivity index (χ0v) is 18.3. The molecule has 3 heterocycles. The van der Waals surface area contributed by atoms with Gasteiger partial charge in [0.25, 0.3) is 5.95 Å². The van der Waals surface area contributed by atoms with Crippen LogP contribution >= 0.6 is 11.6 Å². The Hall–Kier alpha value is -4.04. The summed E-state index contributed by atoms with van der Waals surface area (Å²) in [7, 11) is 0. The molecule has 0 radical (unpaired) electrons. The fourth-order valence-electron chi connectivity index (χ4n) is 3.78. The van der Waals surface area contributed by atoms with E-state index in [0.29, 0.717) is 17.5 Å². The first kappa shape index (κ1) is 20.8. The molecule has 0 bridgehead atoms. The Kier molecular flexibility index (Phi) is 5.82. The van der Waals surface area contributed by atoms with Crippen molar-refractivity contribution in [3.63, 3.8) is 0 Å². The van der Waals surface area contributed by atoms with E-state index < -0.39 is 0 Å². The van der Waals surface area contributed by atoms with Crippen LogP contribution in [0.4, 0.5) is 5.95 Å². The summed E-state index contributed by atoms with van der Waals surface area (Å²) in [5.74, 6) is 0.341. The maximum Gasteiger partial charge on any atom is 0.251 e. The minimum Gasteiger partial charge on any atom is -0.350 e. The number of hydrogen-bond acceptors (Lipinski definition) is 6. The molecule has 0 saturated heterocycles. The maximum atomic E-state index is 12.9. The minimum absolute atomic E-state index is 0.0642. The molecule has 5 rings (SSSR count). The van der Waals surface area contributed by atoms with E-state index in [1.807, 2.05) is 71.6 Å². The third-order valence-corrected chi connectivity index (χ3v) is 5.63. The smallest absolute Gasteiger partial charge is 0.251 e. The van der Waals surface area contributed by atoms with Gasteiger partial charge in [-0.3, -0.25) is 14.7 Å². The second-order valence-corrected chi connectivity index (χ2v) is 8.00. The number of carbonyl (C=O) groups excluding carboxylic acids is 1. The van der Waals surface area contributed by atoms with E-state index in [1.165, 1.54) is 0 Å². The molecule has 1 amide bonds. The molecule has 4 aromatic rings. The summed E-state index contributed by atoms with van der Waals surface area (Å²) in [6, 6.07) is 21.0. The van der Waals surface area contributed by atoms with Crippen molar-refractivity contribution in [3.05, 3.63) is 107 Å². The zero-order valence-electron chi connectivity index (χ0n) is 17.5. The van der Waals surface area contributed by atoms with Crippen molar-refractivity contribution in [2.24, 2.45) is 0 Å². The summed E-state index contributed by atoms with van der Waals surface area (Å²) in [5, 5.41) is 16.0. The van der Waals surface area contributed by atoms with Gasteiger partial charge >= 0.3 is 0 Å². The van der Waals surface area contributed by atoms with E-state index in [4.69, 9.17) is 11.6 Å². The van der Waals surface area contributed by atoms with E-state index in [0.717, 1.165) is 22.4 Å². The Bertz CT molecular complexity index is 1270. The molecule has 0 fully saturated rings. The Morgan fingerprint density at radius 1 is 1.03 bits per heavy atom. The number of benzene rings is 2. The lowest BCUT2D eigenvalue weighted by Gasteiger charge is -2.32. The first-order chi connectivity index (χ1) is 16.2. The third kappa shape index (κ3) is 4.47. The number of carbonyl (C=O) groups is 1. The average molecular weight is 458 g/mol. The molecule has 0 aliphatic carbocycles. The fourth-order valence-corrected chi connectivity index (χ4v) is 3.91. The predicted molar refractivity (Wildman–Crippen MR) is 125 cm³/mol. The van der Waals surface area contributed by atoms with E-state index >= 15 is 0 Å². The van der Waals surface area contributed by atoms with E-state index in [2.05, 4.69) is 31.9 Å². The number of nitrogens with one attached hydrogen (secondary N) is 1. The highest BCUT2D eigenvalue weighted by Crippen LogP contribution is 2.36. The minimum atomic E-state index is -0.239. The van der Waals surface area contributed by atoms with Crippen LogP contribution in [0.1, 0.15) is 22.7 Å². The summed E-state index contributed by atoms with van der Waals surface area (Å²) in [6.07, 6.45) is 5.50. The number of anilines is 1. The van der Waals surface area contributed by atoms with Gasteiger partial charge in [0.1, 0.15) is 12.6 Å². The van der Waals surface area contributed by atoms with Crippen LogP contribution in [0.2, 0.25) is 5.02 Å². The first-order valence-electron chi connectivity index (χ1n) is 10.4. The van der Waals surface area contributed by atoms with Gasteiger partial charge < -0.3 is 5.32 Å². The van der Waals surface area contributed by atoms with Crippen molar-refractivity contribution < 1.29 is 4.79 Å². The predicted octanol–water partition coefficient (Wildman–Crippen LogP) is 3.49. The third-order valence-electron chi connectivity index (χ3n) is 5.38. The molecule has 2 aromatic heterocycles. The van der Waals surface area contributed by atoms with Gasteiger partial charge in [0.15, 0.2) is 0 Å². The lowest BCUT2D eigenvalue weighted by molar-refractivity contribution is -0.119. The van der Waals surface area contributed by atoms with Gasteiger partial charge in [-0.1, -0.05) is 65.2 Å². The molecule has 8 nitrogen and oxygen atoms in total. The van der Waals surface area contributed by atoms with E-state index in [9.17, 15) is 4.79 Å². The van der Waals surface area contributed by atoms with Crippen molar-refractivity contribution in [2.45, 2.75) is 12.6 Å². The quantitative estimate of drug-likeness (QED) is 0.476. The molecule has 164 valence electrons. The number of amides is 1. The van der Waals surface area contributed by atoms with Gasteiger partial charge in [-0.05, 0) is 51.4 Å². The van der Waals surface area contributed by atoms with E-state index in [1.54, 1.807) is 17.1 Å². The summed E-state index contributed by atoms with van der Waals surface area (Å²) >= 11 is 6.09. The van der Waals surface area contributed by atoms with Gasteiger partial charge in [-0.2, -0.15) is 4.68 Å². The van der Waals surface area contributed by atoms with Gasteiger partial charge in [0.2, 0.25) is 5.91 Å². The number of nitrogens with zero attached hydrogens (tertiary/aromatic N) is 6. The fraction of sp³-hybridized carbons (Fsp3) is 0.125. The van der Waals surface area contributed by atoms with Crippen LogP contribution in [0.25, 0.3) is 5.70 Å². The highest BCUT2D eigenvalue weighted by atomic mass is 35.5. The number of fused-ring (bicyclic) bond motifs is 1.